The molecule has 2 aliphatic heterocycles. The molecule has 26 heavy (non-hydrogen) atoms. The third-order valence-electron chi connectivity index (χ3n) is 6.83. The molecule has 2 saturated heterocycles. The minimum atomic E-state index is 0. The van der Waals surface area contributed by atoms with Gasteiger partial charge in [-0.2, -0.15) is 0 Å². The van der Waals surface area contributed by atoms with Crippen molar-refractivity contribution in [1.29, 1.82) is 0 Å². The van der Waals surface area contributed by atoms with E-state index in [0.29, 0.717) is 24.2 Å². The Morgan fingerprint density at radius 1 is 1.19 bits per heavy atom. The molecule has 4 fully saturated rings. The fourth-order valence-electron chi connectivity index (χ4n) is 5.04. The van der Waals surface area contributed by atoms with Crippen molar-refractivity contribution in [3.8, 4) is 0 Å². The van der Waals surface area contributed by atoms with E-state index in [2.05, 4.69) is 29.1 Å². The lowest BCUT2D eigenvalue weighted by Gasteiger charge is -2.60. The van der Waals surface area contributed by atoms with Crippen molar-refractivity contribution in [2.75, 3.05) is 33.4 Å². The number of fused-ring (bicyclic) bond motifs is 1. The van der Waals surface area contributed by atoms with E-state index in [9.17, 15) is 0 Å². The number of likely N-dealkylation sites (tertiary alicyclic amines) is 1. The molecular weight excluding hydrogens is 441 g/mol. The van der Waals surface area contributed by atoms with Gasteiger partial charge in [0.1, 0.15) is 0 Å². The van der Waals surface area contributed by atoms with Crippen LogP contribution in [0.1, 0.15) is 52.4 Å². The van der Waals surface area contributed by atoms with Gasteiger partial charge in [-0.05, 0) is 44.4 Å². The maximum Gasteiger partial charge on any atom is 0.193 e. The summed E-state index contributed by atoms with van der Waals surface area (Å²) in [5, 5.41) is 3.79. The first-order valence-corrected chi connectivity index (χ1v) is 10.3. The summed E-state index contributed by atoms with van der Waals surface area (Å²) in [5.41, 5.74) is 0.187. The van der Waals surface area contributed by atoms with Gasteiger partial charge >= 0.3 is 0 Å². The molecule has 2 aliphatic carbocycles. The fraction of sp³-hybridized carbons (Fsp3) is 0.950. The third-order valence-corrected chi connectivity index (χ3v) is 6.83. The number of ether oxygens (including phenoxy) is 2. The summed E-state index contributed by atoms with van der Waals surface area (Å²) >= 11 is 0. The summed E-state index contributed by atoms with van der Waals surface area (Å²) in [4.78, 5) is 7.02. The smallest absolute Gasteiger partial charge is 0.193 e. The van der Waals surface area contributed by atoms with Gasteiger partial charge in [0.05, 0.1) is 12.2 Å². The molecule has 0 bridgehead atoms. The predicted octanol–water partition coefficient (Wildman–Crippen LogP) is 3.27. The Morgan fingerprint density at radius 3 is 2.58 bits per heavy atom. The number of nitrogens with one attached hydrogen (secondary N) is 1. The molecule has 0 aromatic rings. The number of nitrogens with zero attached hydrogens (tertiary/aromatic N) is 2. The maximum absolute atomic E-state index is 6.08. The molecule has 2 saturated carbocycles. The van der Waals surface area contributed by atoms with Crippen molar-refractivity contribution >= 4 is 29.9 Å². The molecule has 4 aliphatic rings. The van der Waals surface area contributed by atoms with E-state index in [1.807, 2.05) is 7.05 Å². The van der Waals surface area contributed by atoms with Crippen LogP contribution in [-0.4, -0.2) is 62.5 Å². The highest BCUT2D eigenvalue weighted by Gasteiger charge is 2.58. The molecule has 3 atom stereocenters. The number of hydrogen-bond acceptors (Lipinski definition) is 3. The van der Waals surface area contributed by atoms with Gasteiger partial charge in [0.2, 0.25) is 0 Å². The third kappa shape index (κ3) is 4.17. The van der Waals surface area contributed by atoms with Crippen LogP contribution in [0.4, 0.5) is 0 Å². The topological polar surface area (TPSA) is 46.1 Å². The number of rotatable bonds is 4. The number of aliphatic imine (C=N–C) groups is 1. The van der Waals surface area contributed by atoms with E-state index in [0.717, 1.165) is 51.0 Å². The summed E-state index contributed by atoms with van der Waals surface area (Å²) < 4.78 is 12.1. The highest BCUT2D eigenvalue weighted by Crippen LogP contribution is 2.51. The van der Waals surface area contributed by atoms with Gasteiger partial charge in [0.15, 0.2) is 5.96 Å². The Hall–Kier alpha value is -0.0800. The standard InChI is InChI=1S/C20H35N3O2.HI/c1-20(2)17(16-5-4-12-24-18(16)20)22-19(21-3)23-10-8-15(9-11-23)25-13-14-6-7-14;/h14-18H,4-13H2,1-3H3,(H,21,22);1H. The van der Waals surface area contributed by atoms with Crippen LogP contribution >= 0.6 is 24.0 Å². The van der Waals surface area contributed by atoms with Crippen LogP contribution in [-0.2, 0) is 9.47 Å². The number of guanidine groups is 1. The summed E-state index contributed by atoms with van der Waals surface area (Å²) in [5.74, 6) is 2.57. The lowest BCUT2D eigenvalue weighted by atomic mass is 9.55. The molecule has 4 rings (SSSR count). The average Bonchev–Trinajstić information content (AvgIpc) is 3.46. The van der Waals surface area contributed by atoms with Gasteiger partial charge < -0.3 is 19.7 Å². The first-order chi connectivity index (χ1) is 12.1. The van der Waals surface area contributed by atoms with E-state index in [-0.39, 0.29) is 29.4 Å². The molecule has 150 valence electrons. The van der Waals surface area contributed by atoms with E-state index < -0.39 is 0 Å². The number of hydrogen-bond donors (Lipinski definition) is 1. The Bertz CT molecular complexity index is 501. The minimum Gasteiger partial charge on any atom is -0.378 e. The van der Waals surface area contributed by atoms with Crippen LogP contribution in [0, 0.1) is 17.3 Å². The summed E-state index contributed by atoms with van der Waals surface area (Å²) in [7, 11) is 1.92. The lowest BCUT2D eigenvalue weighted by Crippen LogP contribution is -2.71. The quantitative estimate of drug-likeness (QED) is 0.384. The van der Waals surface area contributed by atoms with E-state index >= 15 is 0 Å². The molecule has 6 heteroatoms. The van der Waals surface area contributed by atoms with Crippen molar-refractivity contribution in [2.45, 2.75) is 70.6 Å². The second kappa shape index (κ2) is 8.52. The molecule has 3 unspecified atom stereocenters. The largest absolute Gasteiger partial charge is 0.378 e. The van der Waals surface area contributed by atoms with Crippen LogP contribution in [0.25, 0.3) is 0 Å². The minimum absolute atomic E-state index is 0. The normalized spacial score (nSPS) is 34.5. The average molecular weight is 477 g/mol. The van der Waals surface area contributed by atoms with E-state index in [4.69, 9.17) is 9.47 Å². The van der Waals surface area contributed by atoms with Gasteiger partial charge in [0, 0.05) is 50.7 Å². The molecule has 0 radical (unpaired) electrons. The molecule has 0 amide bonds. The Kier molecular flexibility index (Phi) is 6.76. The molecular formula is C20H36IN3O2. The summed E-state index contributed by atoms with van der Waals surface area (Å²) in [6.45, 7) is 8.68. The zero-order valence-electron chi connectivity index (χ0n) is 16.6. The molecule has 0 aromatic heterocycles. The van der Waals surface area contributed by atoms with E-state index in [1.54, 1.807) is 0 Å². The Labute approximate surface area is 175 Å². The predicted molar refractivity (Wildman–Crippen MR) is 115 cm³/mol. The Morgan fingerprint density at radius 2 is 1.92 bits per heavy atom. The molecule has 0 spiro atoms. The van der Waals surface area contributed by atoms with Crippen LogP contribution in [0.15, 0.2) is 4.99 Å². The molecule has 5 nitrogen and oxygen atoms in total. The second-order valence-corrected chi connectivity index (χ2v) is 9.05. The fourth-order valence-corrected chi connectivity index (χ4v) is 5.04. The highest BCUT2D eigenvalue weighted by molar-refractivity contribution is 14.0. The summed E-state index contributed by atoms with van der Waals surface area (Å²) in [6, 6.07) is 0.473. The highest BCUT2D eigenvalue weighted by atomic mass is 127. The van der Waals surface area contributed by atoms with Gasteiger partial charge in [-0.3, -0.25) is 4.99 Å². The van der Waals surface area contributed by atoms with Crippen LogP contribution < -0.4 is 5.32 Å². The maximum atomic E-state index is 6.08. The molecule has 1 N–H and O–H groups in total. The number of piperidine rings is 1. The zero-order valence-corrected chi connectivity index (χ0v) is 18.9. The van der Waals surface area contributed by atoms with Crippen molar-refractivity contribution in [2.24, 2.45) is 22.2 Å². The van der Waals surface area contributed by atoms with Crippen LogP contribution in [0.5, 0.6) is 0 Å². The Balaban J connectivity index is 0.00000196. The van der Waals surface area contributed by atoms with Gasteiger partial charge in [-0.25, -0.2) is 0 Å². The summed E-state index contributed by atoms with van der Waals surface area (Å²) in [6.07, 6.45) is 8.33. The van der Waals surface area contributed by atoms with Gasteiger partial charge in [-0.1, -0.05) is 13.8 Å². The first-order valence-electron chi connectivity index (χ1n) is 10.3. The van der Waals surface area contributed by atoms with Crippen molar-refractivity contribution in [3.05, 3.63) is 0 Å². The van der Waals surface area contributed by atoms with E-state index in [1.165, 1.54) is 25.7 Å². The van der Waals surface area contributed by atoms with Crippen molar-refractivity contribution in [1.82, 2.24) is 10.2 Å². The first kappa shape index (κ1) is 20.6. The van der Waals surface area contributed by atoms with Crippen molar-refractivity contribution in [3.63, 3.8) is 0 Å². The SMILES string of the molecule is CN=C(NC1C2CCCOC2C1(C)C)N1CCC(OCC2CC2)CC1.I. The van der Waals surface area contributed by atoms with Gasteiger partial charge in [0.25, 0.3) is 0 Å². The van der Waals surface area contributed by atoms with Crippen LogP contribution in [0.2, 0.25) is 0 Å². The van der Waals surface area contributed by atoms with Crippen molar-refractivity contribution < 1.29 is 9.47 Å². The second-order valence-electron chi connectivity index (χ2n) is 9.05. The monoisotopic (exact) mass is 477 g/mol. The molecule has 2 heterocycles. The van der Waals surface area contributed by atoms with Crippen LogP contribution in [0.3, 0.4) is 0 Å². The molecule has 0 aromatic carbocycles. The number of halogens is 1. The lowest BCUT2D eigenvalue weighted by molar-refractivity contribution is -0.188. The zero-order chi connectivity index (χ0) is 17.4. The van der Waals surface area contributed by atoms with Gasteiger partial charge in [-0.15, -0.1) is 24.0 Å².